The molecule has 0 spiro atoms. The Morgan fingerprint density at radius 2 is 1.92 bits per heavy atom. The maximum atomic E-state index is 12.5. The highest BCUT2D eigenvalue weighted by Gasteiger charge is 2.29. The number of esters is 1. The van der Waals surface area contributed by atoms with Gasteiger partial charge < -0.3 is 9.72 Å². The first-order chi connectivity index (χ1) is 12.2. The van der Waals surface area contributed by atoms with E-state index in [9.17, 15) is 9.59 Å². The fourth-order valence-corrected chi connectivity index (χ4v) is 3.48. The fourth-order valence-electron chi connectivity index (χ4n) is 3.48. The lowest BCUT2D eigenvalue weighted by Crippen LogP contribution is -2.32. The number of aromatic amines is 1. The van der Waals surface area contributed by atoms with Gasteiger partial charge in [-0.3, -0.25) is 9.59 Å². The number of rotatable bonds is 4. The first-order valence-electron chi connectivity index (χ1n) is 8.59. The second-order valence-electron chi connectivity index (χ2n) is 6.40. The molecule has 1 N–H and O–H groups in total. The van der Waals surface area contributed by atoms with Gasteiger partial charge in [0.25, 0.3) is 0 Å². The van der Waals surface area contributed by atoms with Crippen LogP contribution in [0.15, 0.2) is 54.7 Å². The van der Waals surface area contributed by atoms with E-state index in [0.717, 1.165) is 28.5 Å². The van der Waals surface area contributed by atoms with Gasteiger partial charge in [-0.1, -0.05) is 42.5 Å². The van der Waals surface area contributed by atoms with Crippen molar-refractivity contribution in [2.45, 2.75) is 31.8 Å². The predicted molar refractivity (Wildman–Crippen MR) is 95.6 cm³/mol. The number of ether oxygens (including phenoxy) is 1. The number of H-pyrrole nitrogens is 1. The summed E-state index contributed by atoms with van der Waals surface area (Å²) in [7, 11) is 0. The van der Waals surface area contributed by atoms with Crippen LogP contribution in [0.3, 0.4) is 0 Å². The van der Waals surface area contributed by atoms with Crippen LogP contribution in [0.1, 0.15) is 34.3 Å². The molecule has 2 aromatic carbocycles. The lowest BCUT2D eigenvalue weighted by atomic mass is 9.89. The zero-order valence-electron chi connectivity index (χ0n) is 13.8. The summed E-state index contributed by atoms with van der Waals surface area (Å²) in [6, 6.07) is 15.5. The fraction of sp³-hybridized carbons (Fsp3) is 0.238. The number of fused-ring (bicyclic) bond motifs is 2. The molecule has 0 amide bonds. The first-order valence-corrected chi connectivity index (χ1v) is 8.59. The molecular weight excluding hydrogens is 314 g/mol. The molecule has 0 radical (unpaired) electrons. The van der Waals surface area contributed by atoms with Gasteiger partial charge in [0.05, 0.1) is 0 Å². The third-order valence-electron chi connectivity index (χ3n) is 4.80. The van der Waals surface area contributed by atoms with Gasteiger partial charge in [-0.2, -0.15) is 0 Å². The standard InChI is InChI=1S/C21H19NO3/c23-20(12-10-15-13-22-18-8-4-3-6-16(15)18)25-19-11-9-14-5-1-2-7-17(14)21(19)24/h1-8,13,19,22H,9-12H2. The minimum atomic E-state index is -0.648. The molecule has 1 unspecified atom stereocenters. The number of hydrogen-bond donors (Lipinski definition) is 1. The number of Topliss-reactive ketones (excluding diaryl/α,β-unsaturated/α-hetero) is 1. The van der Waals surface area contributed by atoms with Crippen molar-refractivity contribution in [3.63, 3.8) is 0 Å². The van der Waals surface area contributed by atoms with Crippen LogP contribution in [0.5, 0.6) is 0 Å². The number of hydrogen-bond acceptors (Lipinski definition) is 3. The highest BCUT2D eigenvalue weighted by Crippen LogP contribution is 2.24. The van der Waals surface area contributed by atoms with E-state index in [-0.39, 0.29) is 18.2 Å². The minimum absolute atomic E-state index is 0.0812. The van der Waals surface area contributed by atoms with Crippen molar-refractivity contribution in [2.24, 2.45) is 0 Å². The van der Waals surface area contributed by atoms with Gasteiger partial charge in [-0.15, -0.1) is 0 Å². The zero-order valence-corrected chi connectivity index (χ0v) is 13.8. The van der Waals surface area contributed by atoms with Crippen LogP contribution >= 0.6 is 0 Å². The second kappa shape index (κ2) is 6.55. The molecule has 1 atom stereocenters. The Morgan fingerprint density at radius 3 is 2.84 bits per heavy atom. The zero-order chi connectivity index (χ0) is 17.2. The molecule has 1 aliphatic rings. The summed E-state index contributed by atoms with van der Waals surface area (Å²) < 4.78 is 5.47. The molecule has 1 aromatic heterocycles. The molecule has 0 saturated carbocycles. The van der Waals surface area contributed by atoms with E-state index in [1.165, 1.54) is 0 Å². The summed E-state index contributed by atoms with van der Waals surface area (Å²) in [5, 5.41) is 1.12. The molecule has 0 fully saturated rings. The molecule has 3 aromatic rings. The summed E-state index contributed by atoms with van der Waals surface area (Å²) in [4.78, 5) is 27.9. The number of benzene rings is 2. The minimum Gasteiger partial charge on any atom is -0.454 e. The van der Waals surface area contributed by atoms with Crippen molar-refractivity contribution >= 4 is 22.7 Å². The van der Waals surface area contributed by atoms with Crippen molar-refractivity contribution in [1.82, 2.24) is 4.98 Å². The maximum Gasteiger partial charge on any atom is 0.306 e. The Bertz CT molecular complexity index is 941. The van der Waals surface area contributed by atoms with Crippen LogP contribution < -0.4 is 0 Å². The van der Waals surface area contributed by atoms with Gasteiger partial charge in [-0.05, 0) is 36.5 Å². The van der Waals surface area contributed by atoms with Crippen molar-refractivity contribution in [2.75, 3.05) is 0 Å². The van der Waals surface area contributed by atoms with E-state index in [2.05, 4.69) is 4.98 Å². The number of carbonyl (C=O) groups excluding carboxylic acids is 2. The molecule has 0 saturated heterocycles. The maximum absolute atomic E-state index is 12.5. The SMILES string of the molecule is O=C(CCc1c[nH]c2ccccc12)OC1CCc2ccccc2C1=O. The van der Waals surface area contributed by atoms with Gasteiger partial charge in [0.2, 0.25) is 5.78 Å². The van der Waals surface area contributed by atoms with E-state index < -0.39 is 6.10 Å². The van der Waals surface area contributed by atoms with E-state index >= 15 is 0 Å². The predicted octanol–water partition coefficient (Wildman–Crippen LogP) is 3.84. The normalized spacial score (nSPS) is 16.6. The number of aromatic nitrogens is 1. The summed E-state index contributed by atoms with van der Waals surface area (Å²) in [6.45, 7) is 0. The molecule has 126 valence electrons. The lowest BCUT2D eigenvalue weighted by Gasteiger charge is -2.23. The number of para-hydroxylation sites is 1. The Morgan fingerprint density at radius 1 is 1.12 bits per heavy atom. The molecule has 4 nitrogen and oxygen atoms in total. The highest BCUT2D eigenvalue weighted by atomic mass is 16.5. The topological polar surface area (TPSA) is 59.2 Å². The van der Waals surface area contributed by atoms with Gasteiger partial charge in [0.1, 0.15) is 0 Å². The summed E-state index contributed by atoms with van der Waals surface area (Å²) in [5.74, 6) is -0.398. The van der Waals surface area contributed by atoms with Crippen molar-refractivity contribution in [3.05, 3.63) is 71.4 Å². The van der Waals surface area contributed by atoms with Gasteiger partial charge >= 0.3 is 5.97 Å². The molecule has 25 heavy (non-hydrogen) atoms. The monoisotopic (exact) mass is 333 g/mol. The number of aryl methyl sites for hydroxylation is 2. The molecule has 0 bridgehead atoms. The van der Waals surface area contributed by atoms with Gasteiger partial charge in [0.15, 0.2) is 6.10 Å². The summed E-state index contributed by atoms with van der Waals surface area (Å²) >= 11 is 0. The van der Waals surface area contributed by atoms with E-state index in [0.29, 0.717) is 18.4 Å². The Balaban J connectivity index is 1.39. The third-order valence-corrected chi connectivity index (χ3v) is 4.80. The summed E-state index contributed by atoms with van der Waals surface area (Å²) in [6.07, 6.45) is 3.48. The third kappa shape index (κ3) is 3.07. The molecule has 0 aliphatic heterocycles. The second-order valence-corrected chi connectivity index (χ2v) is 6.40. The van der Waals surface area contributed by atoms with E-state index in [1.54, 1.807) is 0 Å². The average Bonchev–Trinajstić information content (AvgIpc) is 3.06. The van der Waals surface area contributed by atoms with Crippen LogP contribution in [0.25, 0.3) is 10.9 Å². The molecular formula is C21H19NO3. The van der Waals surface area contributed by atoms with Crippen molar-refractivity contribution in [3.8, 4) is 0 Å². The lowest BCUT2D eigenvalue weighted by molar-refractivity contribution is -0.147. The first kappa shape index (κ1) is 15.6. The Labute approximate surface area is 145 Å². The molecule has 1 heterocycles. The van der Waals surface area contributed by atoms with Crippen LogP contribution in [-0.4, -0.2) is 22.8 Å². The molecule has 4 heteroatoms. The van der Waals surface area contributed by atoms with Crippen molar-refractivity contribution < 1.29 is 14.3 Å². The van der Waals surface area contributed by atoms with Crippen LogP contribution in [0.2, 0.25) is 0 Å². The van der Waals surface area contributed by atoms with E-state index in [4.69, 9.17) is 4.74 Å². The highest BCUT2D eigenvalue weighted by molar-refractivity contribution is 6.02. The molecule has 4 rings (SSSR count). The van der Waals surface area contributed by atoms with Crippen LogP contribution in [0.4, 0.5) is 0 Å². The summed E-state index contributed by atoms with van der Waals surface area (Å²) in [5.41, 5.74) is 3.87. The van der Waals surface area contributed by atoms with Gasteiger partial charge in [0, 0.05) is 29.1 Å². The van der Waals surface area contributed by atoms with E-state index in [1.807, 2.05) is 54.7 Å². The largest absolute Gasteiger partial charge is 0.454 e. The van der Waals surface area contributed by atoms with Gasteiger partial charge in [-0.25, -0.2) is 0 Å². The Hall–Kier alpha value is -2.88. The quantitative estimate of drug-likeness (QED) is 0.738. The van der Waals surface area contributed by atoms with Crippen LogP contribution in [-0.2, 0) is 22.4 Å². The van der Waals surface area contributed by atoms with Crippen LogP contribution in [0, 0.1) is 0 Å². The number of carbonyl (C=O) groups is 2. The van der Waals surface area contributed by atoms with Crippen molar-refractivity contribution in [1.29, 1.82) is 0 Å². The number of nitrogens with one attached hydrogen (secondary N) is 1. The number of ketones is 1. The molecule has 1 aliphatic carbocycles. The Kier molecular flexibility index (Phi) is 4.10. The average molecular weight is 333 g/mol. The smallest absolute Gasteiger partial charge is 0.306 e.